The van der Waals surface area contributed by atoms with E-state index in [1.54, 1.807) is 17.0 Å². The van der Waals surface area contributed by atoms with Crippen molar-refractivity contribution in [2.75, 3.05) is 40.3 Å². The van der Waals surface area contributed by atoms with E-state index in [0.29, 0.717) is 17.9 Å². The van der Waals surface area contributed by atoms with Crippen LogP contribution in [0.3, 0.4) is 0 Å². The van der Waals surface area contributed by atoms with Crippen molar-refractivity contribution in [1.29, 1.82) is 0 Å². The minimum Gasteiger partial charge on any atom is -0.484 e. The molecule has 1 N–H and O–H groups in total. The molecule has 1 aromatic carbocycles. The number of likely N-dealkylation sites (tertiary alicyclic amines) is 1. The van der Waals surface area contributed by atoms with Gasteiger partial charge in [-0.15, -0.1) is 0 Å². The molecule has 1 atom stereocenters. The fourth-order valence-corrected chi connectivity index (χ4v) is 4.02. The number of rotatable bonds is 5. The zero-order chi connectivity index (χ0) is 21.9. The van der Waals surface area contributed by atoms with Crippen LogP contribution in [0.25, 0.3) is 0 Å². The minimum absolute atomic E-state index is 0.134. The molecule has 0 aromatic heterocycles. The predicted octanol–water partition coefficient (Wildman–Crippen LogP) is 1.30. The molecule has 0 radical (unpaired) electrons. The van der Waals surface area contributed by atoms with E-state index in [0.717, 1.165) is 25.9 Å². The van der Waals surface area contributed by atoms with E-state index in [-0.39, 0.29) is 18.4 Å². The number of nitrogens with zero attached hydrogens (tertiary/aromatic N) is 2. The van der Waals surface area contributed by atoms with Gasteiger partial charge in [0.25, 0.3) is 5.91 Å². The molecule has 2 heterocycles. The number of esters is 1. The van der Waals surface area contributed by atoms with Gasteiger partial charge in [0.15, 0.2) is 0 Å². The third-order valence-electron chi connectivity index (χ3n) is 5.88. The van der Waals surface area contributed by atoms with E-state index < -0.39 is 23.5 Å². The van der Waals surface area contributed by atoms with Gasteiger partial charge in [-0.25, -0.2) is 4.79 Å². The Kier molecular flexibility index (Phi) is 6.65. The molecule has 2 aliphatic heterocycles. The van der Waals surface area contributed by atoms with Crippen LogP contribution in [0, 0.1) is 5.92 Å². The molecular formula is C22H31N3O5. The van der Waals surface area contributed by atoms with Crippen molar-refractivity contribution in [3.8, 4) is 5.75 Å². The number of amides is 2. The first-order valence-electron chi connectivity index (χ1n) is 10.4. The van der Waals surface area contributed by atoms with Crippen LogP contribution >= 0.6 is 0 Å². The van der Waals surface area contributed by atoms with Crippen molar-refractivity contribution < 1.29 is 23.9 Å². The Bertz CT molecular complexity index is 802. The Balaban J connectivity index is 1.82. The van der Waals surface area contributed by atoms with Crippen molar-refractivity contribution in [1.82, 2.24) is 15.1 Å². The maximum absolute atomic E-state index is 13.2. The molecule has 0 bridgehead atoms. The Labute approximate surface area is 177 Å². The normalized spacial score (nSPS) is 19.6. The number of piperidine rings is 1. The lowest BCUT2D eigenvalue weighted by Crippen LogP contribution is -2.55. The average Bonchev–Trinajstić information content (AvgIpc) is 2.83. The summed E-state index contributed by atoms with van der Waals surface area (Å²) >= 11 is 0. The second-order valence-electron chi connectivity index (χ2n) is 8.56. The highest BCUT2D eigenvalue weighted by Crippen LogP contribution is 2.35. The van der Waals surface area contributed by atoms with Crippen LogP contribution < -0.4 is 10.1 Å². The SMILES string of the molecule is COC(=O)C(NC(=O)CN1CC2(CCN(C)CC2)Oc2ccccc2C1=O)C(C)C. The highest BCUT2D eigenvalue weighted by Gasteiger charge is 2.43. The van der Waals surface area contributed by atoms with Gasteiger partial charge in [-0.05, 0) is 25.1 Å². The summed E-state index contributed by atoms with van der Waals surface area (Å²) in [5, 5.41) is 2.72. The fourth-order valence-electron chi connectivity index (χ4n) is 4.02. The lowest BCUT2D eigenvalue weighted by Gasteiger charge is -2.41. The molecule has 1 fully saturated rings. The molecule has 2 aliphatic rings. The largest absolute Gasteiger partial charge is 0.484 e. The number of hydrogen-bond acceptors (Lipinski definition) is 6. The first-order valence-corrected chi connectivity index (χ1v) is 10.4. The highest BCUT2D eigenvalue weighted by molar-refractivity contribution is 5.99. The van der Waals surface area contributed by atoms with Gasteiger partial charge in [0.2, 0.25) is 5.91 Å². The summed E-state index contributed by atoms with van der Waals surface area (Å²) in [6.07, 6.45) is 1.53. The first-order chi connectivity index (χ1) is 14.2. The summed E-state index contributed by atoms with van der Waals surface area (Å²) in [6, 6.07) is 6.41. The summed E-state index contributed by atoms with van der Waals surface area (Å²) in [4.78, 5) is 41.8. The van der Waals surface area contributed by atoms with Crippen LogP contribution in [0.5, 0.6) is 5.75 Å². The highest BCUT2D eigenvalue weighted by atomic mass is 16.5. The molecule has 164 valence electrons. The lowest BCUT2D eigenvalue weighted by atomic mass is 9.90. The number of methoxy groups -OCH3 is 1. The molecule has 0 saturated carbocycles. The standard InChI is InChI=1S/C22H31N3O5/c1-15(2)19(21(28)29-4)23-18(26)13-25-14-22(9-11-24(3)12-10-22)30-17-8-6-5-7-16(17)20(25)27/h5-8,15,19H,9-14H2,1-4H3,(H,23,26). The van der Waals surface area contributed by atoms with Gasteiger partial charge in [0.1, 0.15) is 23.9 Å². The Hall–Kier alpha value is -2.61. The zero-order valence-electron chi connectivity index (χ0n) is 18.1. The average molecular weight is 418 g/mol. The summed E-state index contributed by atoms with van der Waals surface area (Å²) in [6.45, 7) is 5.55. The number of fused-ring (bicyclic) bond motifs is 1. The van der Waals surface area contributed by atoms with Gasteiger partial charge in [-0.3, -0.25) is 9.59 Å². The second kappa shape index (κ2) is 9.04. The zero-order valence-corrected chi connectivity index (χ0v) is 18.1. The van der Waals surface area contributed by atoms with Crippen molar-refractivity contribution in [3.05, 3.63) is 29.8 Å². The van der Waals surface area contributed by atoms with Crippen LogP contribution in [0.15, 0.2) is 24.3 Å². The van der Waals surface area contributed by atoms with E-state index in [1.807, 2.05) is 26.0 Å². The molecule has 30 heavy (non-hydrogen) atoms. The molecular weight excluding hydrogens is 386 g/mol. The van der Waals surface area contributed by atoms with Gasteiger partial charge in [-0.2, -0.15) is 0 Å². The predicted molar refractivity (Wildman–Crippen MR) is 111 cm³/mol. The number of ether oxygens (including phenoxy) is 2. The van der Waals surface area contributed by atoms with Gasteiger partial charge >= 0.3 is 5.97 Å². The molecule has 1 unspecified atom stereocenters. The maximum Gasteiger partial charge on any atom is 0.328 e. The topological polar surface area (TPSA) is 88.2 Å². The lowest BCUT2D eigenvalue weighted by molar-refractivity contribution is -0.146. The van der Waals surface area contributed by atoms with Crippen molar-refractivity contribution >= 4 is 17.8 Å². The first kappa shape index (κ1) is 22.1. The second-order valence-corrected chi connectivity index (χ2v) is 8.56. The van der Waals surface area contributed by atoms with E-state index >= 15 is 0 Å². The van der Waals surface area contributed by atoms with E-state index in [1.165, 1.54) is 7.11 Å². The molecule has 0 aliphatic carbocycles. The van der Waals surface area contributed by atoms with E-state index in [9.17, 15) is 14.4 Å². The van der Waals surface area contributed by atoms with E-state index in [2.05, 4.69) is 17.3 Å². The third-order valence-corrected chi connectivity index (χ3v) is 5.88. The number of para-hydroxylation sites is 1. The van der Waals surface area contributed by atoms with Gasteiger partial charge in [-0.1, -0.05) is 26.0 Å². The number of hydrogen-bond donors (Lipinski definition) is 1. The van der Waals surface area contributed by atoms with Gasteiger partial charge < -0.3 is 24.6 Å². The Morgan fingerprint density at radius 2 is 1.90 bits per heavy atom. The van der Waals surface area contributed by atoms with E-state index in [4.69, 9.17) is 9.47 Å². The molecule has 1 aromatic rings. The van der Waals surface area contributed by atoms with Crippen LogP contribution in [-0.4, -0.2) is 79.6 Å². The number of nitrogens with one attached hydrogen (secondary N) is 1. The molecule has 1 saturated heterocycles. The summed E-state index contributed by atoms with van der Waals surface area (Å²) in [7, 11) is 3.35. The van der Waals surface area contributed by atoms with Crippen LogP contribution in [-0.2, 0) is 14.3 Å². The monoisotopic (exact) mass is 417 g/mol. The quantitative estimate of drug-likeness (QED) is 0.727. The third kappa shape index (κ3) is 4.75. The van der Waals surface area contributed by atoms with Crippen molar-refractivity contribution in [2.24, 2.45) is 5.92 Å². The van der Waals surface area contributed by atoms with Crippen molar-refractivity contribution in [2.45, 2.75) is 38.3 Å². The molecule has 8 heteroatoms. The summed E-state index contributed by atoms with van der Waals surface area (Å²) in [5.41, 5.74) is -0.0797. The number of benzene rings is 1. The molecule has 1 spiro atoms. The molecule has 2 amide bonds. The Morgan fingerprint density at radius 3 is 2.53 bits per heavy atom. The molecule has 8 nitrogen and oxygen atoms in total. The Morgan fingerprint density at radius 1 is 1.23 bits per heavy atom. The number of carbonyl (C=O) groups excluding carboxylic acids is 3. The summed E-state index contributed by atoms with van der Waals surface area (Å²) < 4.78 is 11.2. The van der Waals surface area contributed by atoms with Crippen LogP contribution in [0.4, 0.5) is 0 Å². The van der Waals surface area contributed by atoms with Crippen LogP contribution in [0.2, 0.25) is 0 Å². The van der Waals surface area contributed by atoms with Crippen LogP contribution in [0.1, 0.15) is 37.0 Å². The fraction of sp³-hybridized carbons (Fsp3) is 0.591. The van der Waals surface area contributed by atoms with Gasteiger partial charge in [0, 0.05) is 25.9 Å². The van der Waals surface area contributed by atoms with Crippen molar-refractivity contribution in [3.63, 3.8) is 0 Å². The number of carbonyl (C=O) groups is 3. The summed E-state index contributed by atoms with van der Waals surface area (Å²) in [5.74, 6) is -0.707. The maximum atomic E-state index is 13.2. The molecule has 3 rings (SSSR count). The van der Waals surface area contributed by atoms with Gasteiger partial charge in [0.05, 0.1) is 19.2 Å². The smallest absolute Gasteiger partial charge is 0.328 e. The minimum atomic E-state index is -0.759.